The molecule has 0 spiro atoms. The first-order chi connectivity index (χ1) is 7.08. The van der Waals surface area contributed by atoms with E-state index < -0.39 is 26.8 Å². The van der Waals surface area contributed by atoms with Crippen molar-refractivity contribution in [1.82, 2.24) is 9.55 Å². The predicted molar refractivity (Wildman–Crippen MR) is 53.2 cm³/mol. The molecule has 0 fully saturated rings. The van der Waals surface area contributed by atoms with E-state index in [0.717, 1.165) is 10.9 Å². The van der Waals surface area contributed by atoms with Gasteiger partial charge in [0, 0.05) is 12.4 Å². The van der Waals surface area contributed by atoms with Crippen LogP contribution >= 0.6 is 15.2 Å². The SMILES string of the molecule is O=P(O)(O)C(O)(Cn1ccnc1)P(=O)(O)O.[Na+].[OH-]. The zero-order valence-corrected chi connectivity index (χ0v) is 13.0. The molecular weight excluding hydrogens is 301 g/mol. The third-order valence-electron chi connectivity index (χ3n) is 1.89. The Balaban J connectivity index is 0. The minimum atomic E-state index is -5.41. The average molecular weight is 312 g/mol. The maximum Gasteiger partial charge on any atom is 1.00 e. The van der Waals surface area contributed by atoms with Crippen LogP contribution in [0.2, 0.25) is 0 Å². The topological polar surface area (TPSA) is 183 Å². The summed E-state index contributed by atoms with van der Waals surface area (Å²) in [6.45, 7) is -0.957. The second-order valence-corrected chi connectivity index (χ2v) is 7.11. The Kier molecular flexibility index (Phi) is 7.76. The molecule has 0 aliphatic rings. The molecule has 1 heterocycles. The molecule has 6 N–H and O–H groups in total. The Morgan fingerprint density at radius 3 is 1.89 bits per heavy atom. The molecular formula is C5H11N2NaO8P2. The number of aliphatic hydroxyl groups is 1. The molecule has 0 aromatic carbocycles. The standard InChI is InChI=1S/C5H10N2O7P2.Na.H2O/c8-5(15(9,10)11,16(12,13)14)3-7-2-1-6-4-7;;/h1-2,4,8H,3H2,(H2,9,10,11)(H2,12,13,14);;1H2/q;+1;/p-1. The number of rotatable bonds is 4. The smallest absolute Gasteiger partial charge is 0.870 e. The van der Waals surface area contributed by atoms with Crippen molar-refractivity contribution in [3.8, 4) is 0 Å². The van der Waals surface area contributed by atoms with E-state index in [9.17, 15) is 14.2 Å². The van der Waals surface area contributed by atoms with Crippen LogP contribution < -0.4 is 29.6 Å². The van der Waals surface area contributed by atoms with Gasteiger partial charge in [-0.1, -0.05) is 0 Å². The summed E-state index contributed by atoms with van der Waals surface area (Å²) in [6, 6.07) is 0. The van der Waals surface area contributed by atoms with Gasteiger partial charge in [0.2, 0.25) is 0 Å². The first-order valence-electron chi connectivity index (χ1n) is 3.87. The van der Waals surface area contributed by atoms with E-state index >= 15 is 0 Å². The zero-order valence-electron chi connectivity index (χ0n) is 9.23. The van der Waals surface area contributed by atoms with E-state index in [4.69, 9.17) is 19.6 Å². The monoisotopic (exact) mass is 312 g/mol. The van der Waals surface area contributed by atoms with E-state index in [1.807, 2.05) is 0 Å². The van der Waals surface area contributed by atoms with E-state index in [0.29, 0.717) is 0 Å². The van der Waals surface area contributed by atoms with Crippen molar-refractivity contribution < 1.29 is 68.8 Å². The largest absolute Gasteiger partial charge is 1.00 e. The molecule has 100 valence electrons. The summed E-state index contributed by atoms with van der Waals surface area (Å²) in [4.78, 5) is 38.7. The Bertz CT molecular complexity index is 430. The summed E-state index contributed by atoms with van der Waals surface area (Å²) >= 11 is 0. The molecule has 0 unspecified atom stereocenters. The van der Waals surface area contributed by atoms with Gasteiger partial charge in [0.25, 0.3) is 5.08 Å². The summed E-state index contributed by atoms with van der Waals surface area (Å²) in [5, 5.41) is 6.04. The molecule has 0 atom stereocenters. The molecule has 18 heavy (non-hydrogen) atoms. The van der Waals surface area contributed by atoms with Gasteiger partial charge in [-0.05, 0) is 0 Å². The van der Waals surface area contributed by atoms with Crippen molar-refractivity contribution in [2.24, 2.45) is 0 Å². The zero-order chi connectivity index (χ0) is 12.6. The third kappa shape index (κ3) is 4.22. The van der Waals surface area contributed by atoms with Crippen LogP contribution in [0.3, 0.4) is 0 Å². The van der Waals surface area contributed by atoms with Crippen molar-refractivity contribution in [2.75, 3.05) is 0 Å². The van der Waals surface area contributed by atoms with Crippen molar-refractivity contribution in [3.63, 3.8) is 0 Å². The Labute approximate surface area is 124 Å². The molecule has 0 saturated heterocycles. The van der Waals surface area contributed by atoms with Crippen LogP contribution in [0, 0.1) is 0 Å². The van der Waals surface area contributed by atoms with Crippen molar-refractivity contribution in [2.45, 2.75) is 11.6 Å². The normalized spacial score (nSPS) is 12.5. The second-order valence-electron chi connectivity index (χ2n) is 3.10. The Hall–Kier alpha value is 0.430. The van der Waals surface area contributed by atoms with Gasteiger partial charge in [0.15, 0.2) is 0 Å². The maximum absolute atomic E-state index is 10.9. The average Bonchev–Trinajstić information content (AvgIpc) is 2.52. The summed E-state index contributed by atoms with van der Waals surface area (Å²) in [5.74, 6) is 0. The molecule has 0 aliphatic carbocycles. The molecule has 0 aliphatic heterocycles. The van der Waals surface area contributed by atoms with Crippen LogP contribution in [-0.4, -0.2) is 44.8 Å². The van der Waals surface area contributed by atoms with E-state index in [1.165, 1.54) is 12.4 Å². The van der Waals surface area contributed by atoms with Gasteiger partial charge in [-0.2, -0.15) is 0 Å². The molecule has 0 bridgehead atoms. The maximum atomic E-state index is 10.9. The molecule has 0 saturated carbocycles. The van der Waals surface area contributed by atoms with Gasteiger partial charge in [-0.15, -0.1) is 0 Å². The number of hydrogen-bond donors (Lipinski definition) is 5. The van der Waals surface area contributed by atoms with Crippen LogP contribution in [0.4, 0.5) is 0 Å². The first kappa shape index (κ1) is 20.7. The predicted octanol–water partition coefficient (Wildman–Crippen LogP) is -4.29. The van der Waals surface area contributed by atoms with E-state index in [-0.39, 0.29) is 35.0 Å². The Morgan fingerprint density at radius 2 is 1.61 bits per heavy atom. The minimum Gasteiger partial charge on any atom is -0.870 e. The molecule has 0 amide bonds. The van der Waals surface area contributed by atoms with Gasteiger partial charge in [-0.3, -0.25) is 9.13 Å². The molecule has 1 aromatic rings. The fourth-order valence-corrected chi connectivity index (χ4v) is 3.03. The van der Waals surface area contributed by atoms with Gasteiger partial charge in [0.05, 0.1) is 12.9 Å². The number of hydrogen-bond acceptors (Lipinski definition) is 5. The number of imidazole rings is 1. The first-order valence-corrected chi connectivity index (χ1v) is 7.10. The van der Waals surface area contributed by atoms with Crippen LogP contribution in [-0.2, 0) is 15.7 Å². The van der Waals surface area contributed by atoms with Crippen LogP contribution in [0.5, 0.6) is 0 Å². The van der Waals surface area contributed by atoms with Crippen molar-refractivity contribution in [3.05, 3.63) is 18.7 Å². The fourth-order valence-electron chi connectivity index (χ4n) is 0.979. The molecule has 10 nitrogen and oxygen atoms in total. The summed E-state index contributed by atoms with van der Waals surface area (Å²) in [6.07, 6.45) is 3.51. The third-order valence-corrected chi connectivity index (χ3v) is 5.60. The quantitative estimate of drug-likeness (QED) is 0.271. The Morgan fingerprint density at radius 1 is 1.17 bits per heavy atom. The fraction of sp³-hybridized carbons (Fsp3) is 0.400. The van der Waals surface area contributed by atoms with Gasteiger partial charge in [-0.25, -0.2) is 4.98 Å². The minimum absolute atomic E-state index is 0. The summed E-state index contributed by atoms with van der Waals surface area (Å²) in [5.41, 5.74) is 0. The summed E-state index contributed by atoms with van der Waals surface area (Å²) < 4.78 is 22.8. The molecule has 0 radical (unpaired) electrons. The van der Waals surface area contributed by atoms with Crippen LogP contribution in [0.15, 0.2) is 18.7 Å². The molecule has 1 aromatic heterocycles. The van der Waals surface area contributed by atoms with Crippen molar-refractivity contribution in [1.29, 1.82) is 0 Å². The summed E-state index contributed by atoms with van der Waals surface area (Å²) in [7, 11) is -10.8. The van der Waals surface area contributed by atoms with E-state index in [1.54, 1.807) is 0 Å². The van der Waals surface area contributed by atoms with Crippen molar-refractivity contribution >= 4 is 15.2 Å². The van der Waals surface area contributed by atoms with Gasteiger partial charge >= 0.3 is 44.7 Å². The second kappa shape index (κ2) is 6.74. The van der Waals surface area contributed by atoms with E-state index in [2.05, 4.69) is 4.98 Å². The van der Waals surface area contributed by atoms with Crippen LogP contribution in [0.25, 0.3) is 0 Å². The number of nitrogens with zero attached hydrogens (tertiary/aromatic N) is 2. The molecule has 1 rings (SSSR count). The molecule has 13 heteroatoms. The van der Waals surface area contributed by atoms with Crippen LogP contribution in [0.1, 0.15) is 0 Å². The van der Waals surface area contributed by atoms with Gasteiger partial charge in [0.1, 0.15) is 0 Å². The number of aromatic nitrogens is 2. The van der Waals surface area contributed by atoms with Gasteiger partial charge < -0.3 is 34.7 Å².